The van der Waals surface area contributed by atoms with Crippen molar-refractivity contribution in [3.05, 3.63) is 22.2 Å². The van der Waals surface area contributed by atoms with Gasteiger partial charge in [-0.1, -0.05) is 0 Å². The molecule has 0 aliphatic carbocycles. The van der Waals surface area contributed by atoms with Crippen LogP contribution in [0.3, 0.4) is 0 Å². The topological polar surface area (TPSA) is 96.4 Å². The minimum absolute atomic E-state index is 0.0525. The van der Waals surface area contributed by atoms with Gasteiger partial charge in [0, 0.05) is 18.2 Å². The van der Waals surface area contributed by atoms with Crippen LogP contribution in [0.5, 0.6) is 0 Å². The minimum Gasteiger partial charge on any atom is -0.462 e. The number of alkyl halides is 1. The zero-order chi connectivity index (χ0) is 17.4. The van der Waals surface area contributed by atoms with Gasteiger partial charge in [0.05, 0.1) is 10.8 Å². The molecule has 2 rings (SSSR count). The summed E-state index contributed by atoms with van der Waals surface area (Å²) in [4.78, 5) is 27.5. The maximum atomic E-state index is 12.0. The van der Waals surface area contributed by atoms with Crippen LogP contribution in [-0.4, -0.2) is 33.6 Å². The van der Waals surface area contributed by atoms with Crippen LogP contribution < -0.4 is 11.4 Å². The van der Waals surface area contributed by atoms with Crippen LogP contribution in [0.1, 0.15) is 39.0 Å². The Bertz CT molecular complexity index is 653. The number of ether oxygens (including phenoxy) is 2. The number of nitrogens with zero attached hydrogens (tertiary/aromatic N) is 2. The van der Waals surface area contributed by atoms with Crippen molar-refractivity contribution in [1.29, 1.82) is 0 Å². The average molecular weight is 344 g/mol. The van der Waals surface area contributed by atoms with E-state index in [2.05, 4.69) is 4.98 Å². The Morgan fingerprint density at radius 3 is 2.83 bits per heavy atom. The summed E-state index contributed by atoms with van der Waals surface area (Å²) in [6, 6.07) is 0. The van der Waals surface area contributed by atoms with Crippen LogP contribution in [0.15, 0.2) is 11.0 Å². The number of aromatic nitrogens is 2. The fourth-order valence-electron chi connectivity index (χ4n) is 2.17. The lowest BCUT2D eigenvalue weighted by atomic mass is 9.97. The maximum absolute atomic E-state index is 12.0. The number of carbonyl (C=O) groups is 1. The van der Waals surface area contributed by atoms with Gasteiger partial charge in [-0.2, -0.15) is 4.98 Å². The lowest BCUT2D eigenvalue weighted by molar-refractivity contribution is -0.157. The molecule has 1 aliphatic heterocycles. The number of aryl methyl sites for hydroxylation is 1. The quantitative estimate of drug-likeness (QED) is 0.661. The first-order valence-corrected chi connectivity index (χ1v) is 7.85. The van der Waals surface area contributed by atoms with Gasteiger partial charge < -0.3 is 15.2 Å². The summed E-state index contributed by atoms with van der Waals surface area (Å²) in [5.41, 5.74) is 5.22. The summed E-state index contributed by atoms with van der Waals surface area (Å²) in [6.07, 6.45) is 1.00. The molecule has 7 nitrogen and oxygen atoms in total. The molecular formula is C15H22ClN3O4. The highest BCUT2D eigenvalue weighted by Crippen LogP contribution is 2.32. The molecular weight excluding hydrogens is 322 g/mol. The van der Waals surface area contributed by atoms with Crippen molar-refractivity contribution >= 4 is 23.4 Å². The third kappa shape index (κ3) is 4.03. The van der Waals surface area contributed by atoms with E-state index in [1.165, 1.54) is 4.57 Å². The molecule has 2 N–H and O–H groups in total. The second-order valence-corrected chi connectivity index (χ2v) is 7.29. The minimum atomic E-state index is -0.589. The van der Waals surface area contributed by atoms with Crippen molar-refractivity contribution in [2.75, 3.05) is 12.3 Å². The fraction of sp³-hybridized carbons (Fsp3) is 0.667. The number of rotatable bonds is 3. The molecule has 0 aromatic carbocycles. The predicted molar refractivity (Wildman–Crippen MR) is 86.2 cm³/mol. The van der Waals surface area contributed by atoms with Gasteiger partial charge in [0.2, 0.25) is 0 Å². The number of hydrogen-bond acceptors (Lipinski definition) is 6. The van der Waals surface area contributed by atoms with Crippen molar-refractivity contribution in [3.63, 3.8) is 0 Å². The van der Waals surface area contributed by atoms with Crippen molar-refractivity contribution in [2.24, 2.45) is 5.41 Å². The van der Waals surface area contributed by atoms with Gasteiger partial charge >= 0.3 is 11.7 Å². The molecule has 1 aliphatic rings. The third-order valence-corrected chi connectivity index (χ3v) is 4.10. The van der Waals surface area contributed by atoms with Gasteiger partial charge in [-0.15, -0.1) is 11.6 Å². The summed E-state index contributed by atoms with van der Waals surface area (Å²) in [5.74, 6) is -0.127. The van der Waals surface area contributed by atoms with Crippen LogP contribution in [0, 0.1) is 12.3 Å². The molecule has 0 saturated carbocycles. The Labute approximate surface area is 139 Å². The molecule has 0 amide bonds. The molecule has 2 heterocycles. The molecule has 128 valence electrons. The van der Waals surface area contributed by atoms with Crippen LogP contribution in [-0.2, 0) is 14.3 Å². The van der Waals surface area contributed by atoms with E-state index in [0.717, 1.165) is 0 Å². The zero-order valence-electron chi connectivity index (χ0n) is 13.7. The largest absolute Gasteiger partial charge is 0.462 e. The Kier molecular flexibility index (Phi) is 5.01. The van der Waals surface area contributed by atoms with Gasteiger partial charge in [0.15, 0.2) is 0 Å². The summed E-state index contributed by atoms with van der Waals surface area (Å²) < 4.78 is 12.4. The van der Waals surface area contributed by atoms with Crippen LogP contribution >= 0.6 is 11.6 Å². The number of nitrogens with two attached hydrogens (primary N) is 1. The van der Waals surface area contributed by atoms with Gasteiger partial charge in [-0.25, -0.2) is 4.79 Å². The molecule has 1 fully saturated rings. The summed E-state index contributed by atoms with van der Waals surface area (Å²) in [7, 11) is 0. The third-order valence-electron chi connectivity index (χ3n) is 3.64. The molecule has 0 spiro atoms. The van der Waals surface area contributed by atoms with E-state index in [-0.39, 0.29) is 23.8 Å². The zero-order valence-corrected chi connectivity index (χ0v) is 14.5. The first-order chi connectivity index (χ1) is 10.6. The first-order valence-electron chi connectivity index (χ1n) is 7.41. The van der Waals surface area contributed by atoms with Crippen molar-refractivity contribution in [1.82, 2.24) is 9.55 Å². The highest BCUT2D eigenvalue weighted by atomic mass is 35.5. The lowest BCUT2D eigenvalue weighted by Crippen LogP contribution is -2.31. The number of carbonyl (C=O) groups excluding carboxylic acids is 1. The predicted octanol–water partition coefficient (Wildman–Crippen LogP) is 1.62. The second kappa shape index (κ2) is 6.49. The SMILES string of the molecule is Cc1cn([C@H]2C[C@@H](Cl)[C@@H](COC(=O)C(C)(C)C)O2)c(=O)nc1N. The molecule has 8 heteroatoms. The number of nitrogen functional groups attached to an aromatic ring is 1. The van der Waals surface area contributed by atoms with Crippen LogP contribution in [0.4, 0.5) is 5.82 Å². The number of halogens is 1. The monoisotopic (exact) mass is 343 g/mol. The summed E-state index contributed by atoms with van der Waals surface area (Å²) in [5, 5.41) is -0.363. The van der Waals surface area contributed by atoms with E-state index in [4.69, 9.17) is 26.8 Å². The van der Waals surface area contributed by atoms with Gasteiger partial charge in [-0.05, 0) is 27.7 Å². The number of esters is 1. The van der Waals surface area contributed by atoms with E-state index in [1.807, 2.05) is 0 Å². The van der Waals surface area contributed by atoms with Gasteiger partial charge in [0.1, 0.15) is 24.8 Å². The number of anilines is 1. The summed E-state index contributed by atoms with van der Waals surface area (Å²) in [6.45, 7) is 7.13. The molecule has 1 aromatic rings. The molecule has 1 saturated heterocycles. The Morgan fingerprint density at radius 2 is 2.22 bits per heavy atom. The highest BCUT2D eigenvalue weighted by molar-refractivity contribution is 6.21. The van der Waals surface area contributed by atoms with E-state index in [9.17, 15) is 9.59 Å². The second-order valence-electron chi connectivity index (χ2n) is 6.73. The van der Waals surface area contributed by atoms with Gasteiger partial charge in [0.25, 0.3) is 0 Å². The van der Waals surface area contributed by atoms with Crippen molar-refractivity contribution < 1.29 is 14.3 Å². The van der Waals surface area contributed by atoms with E-state index >= 15 is 0 Å². The highest BCUT2D eigenvalue weighted by Gasteiger charge is 2.37. The molecule has 1 aromatic heterocycles. The Morgan fingerprint density at radius 1 is 1.57 bits per heavy atom. The molecule has 3 atom stereocenters. The van der Waals surface area contributed by atoms with Crippen molar-refractivity contribution in [3.8, 4) is 0 Å². The molecule has 0 unspecified atom stereocenters. The standard InChI is InChI=1S/C15H22ClN3O4/c1-8-6-19(14(21)18-12(8)17)11-5-9(16)10(23-11)7-22-13(20)15(2,3)4/h6,9-11H,5,7H2,1-4H3,(H2,17,18,21)/t9-,10-,11-/m1/s1. The average Bonchev–Trinajstić information content (AvgIpc) is 2.80. The number of hydrogen-bond donors (Lipinski definition) is 1. The summed E-state index contributed by atoms with van der Waals surface area (Å²) >= 11 is 6.27. The lowest BCUT2D eigenvalue weighted by Gasteiger charge is -2.20. The Hall–Kier alpha value is -1.60. The first kappa shape index (κ1) is 17.7. The maximum Gasteiger partial charge on any atom is 0.351 e. The normalized spacial score (nSPS) is 24.7. The van der Waals surface area contributed by atoms with E-state index in [1.54, 1.807) is 33.9 Å². The van der Waals surface area contributed by atoms with E-state index in [0.29, 0.717) is 12.0 Å². The van der Waals surface area contributed by atoms with Crippen molar-refractivity contribution in [2.45, 2.75) is 51.8 Å². The van der Waals surface area contributed by atoms with Gasteiger partial charge in [-0.3, -0.25) is 9.36 Å². The molecule has 0 bridgehead atoms. The molecule has 23 heavy (non-hydrogen) atoms. The van der Waals surface area contributed by atoms with E-state index < -0.39 is 23.4 Å². The fourth-order valence-corrected chi connectivity index (χ4v) is 2.45. The van der Waals surface area contributed by atoms with Crippen LogP contribution in [0.25, 0.3) is 0 Å². The van der Waals surface area contributed by atoms with Crippen LogP contribution in [0.2, 0.25) is 0 Å². The Balaban J connectivity index is 2.06. The smallest absolute Gasteiger partial charge is 0.351 e. The molecule has 0 radical (unpaired) electrons.